The third-order valence-electron chi connectivity index (χ3n) is 7.72. The second kappa shape index (κ2) is 13.6. The van der Waals surface area contributed by atoms with Crippen molar-refractivity contribution in [3.05, 3.63) is 90.0 Å². The van der Waals surface area contributed by atoms with Crippen LogP contribution >= 0.6 is 0 Å². The number of nitrogens with one attached hydrogen (secondary N) is 3. The van der Waals surface area contributed by atoms with Crippen molar-refractivity contribution in [3.63, 3.8) is 0 Å². The summed E-state index contributed by atoms with van der Waals surface area (Å²) in [6.45, 7) is 5.07. The van der Waals surface area contributed by atoms with E-state index in [-0.39, 0.29) is 11.9 Å². The number of anilines is 1. The summed E-state index contributed by atoms with van der Waals surface area (Å²) in [5.41, 5.74) is 2.91. The lowest BCUT2D eigenvalue weighted by atomic mass is 9.86. The molecule has 1 fully saturated rings. The third-order valence-corrected chi connectivity index (χ3v) is 7.72. The third kappa shape index (κ3) is 7.13. The zero-order valence-electron chi connectivity index (χ0n) is 24.5. The molecule has 1 aliphatic rings. The molecule has 0 unspecified atom stereocenters. The normalized spacial score (nSPS) is 15.6. The molecule has 10 heteroatoms. The Hall–Kier alpha value is -4.28. The van der Waals surface area contributed by atoms with E-state index in [0.717, 1.165) is 60.7 Å². The van der Waals surface area contributed by atoms with Crippen LogP contribution in [0.4, 0.5) is 5.69 Å². The highest BCUT2D eigenvalue weighted by Crippen LogP contribution is 2.35. The standard InChI is InChI=1S/C32H39N7O3/c1-23(24-8-10-28(11-9-24)42-21-5-20-41-3)34-30(40)26-6-4-7-27(22-26)36-32(14-18-39(2)19-15-32)31-35-29(37-38-31)25-12-16-33-17-13-25/h4,6-13,16-17,22-23,36H,5,14-15,18-21H2,1-3H3,(H,34,40)(H,35,37,38)/t23-/m1/s1. The zero-order valence-corrected chi connectivity index (χ0v) is 24.5. The number of H-pyrrole nitrogens is 1. The average Bonchev–Trinajstić information content (AvgIpc) is 3.53. The van der Waals surface area contributed by atoms with E-state index in [1.807, 2.05) is 67.6 Å². The lowest BCUT2D eigenvalue weighted by molar-refractivity contribution is 0.0940. The number of methoxy groups -OCH3 is 1. The molecule has 3 N–H and O–H groups in total. The van der Waals surface area contributed by atoms with Gasteiger partial charge in [-0.15, -0.1) is 0 Å². The van der Waals surface area contributed by atoms with Gasteiger partial charge in [-0.3, -0.25) is 14.9 Å². The fourth-order valence-corrected chi connectivity index (χ4v) is 5.15. The predicted molar refractivity (Wildman–Crippen MR) is 162 cm³/mol. The zero-order chi connectivity index (χ0) is 29.4. The minimum absolute atomic E-state index is 0.136. The predicted octanol–water partition coefficient (Wildman–Crippen LogP) is 4.81. The number of benzene rings is 2. The number of hydrogen-bond acceptors (Lipinski definition) is 8. The van der Waals surface area contributed by atoms with Crippen LogP contribution in [-0.4, -0.2) is 71.4 Å². The van der Waals surface area contributed by atoms with Gasteiger partial charge in [-0.25, -0.2) is 4.98 Å². The number of aromatic nitrogens is 4. The Morgan fingerprint density at radius 3 is 2.57 bits per heavy atom. The van der Waals surface area contributed by atoms with Gasteiger partial charge in [-0.1, -0.05) is 18.2 Å². The van der Waals surface area contributed by atoms with Crippen LogP contribution in [-0.2, 0) is 10.3 Å². The first-order valence-electron chi connectivity index (χ1n) is 14.4. The Labute approximate surface area is 246 Å². The molecule has 0 spiro atoms. The quantitative estimate of drug-likeness (QED) is 0.208. The Bertz CT molecular complexity index is 1430. The summed E-state index contributed by atoms with van der Waals surface area (Å²) in [5, 5.41) is 14.6. The van der Waals surface area contributed by atoms with Crippen LogP contribution < -0.4 is 15.4 Å². The van der Waals surface area contributed by atoms with Crippen molar-refractivity contribution < 1.29 is 14.3 Å². The maximum absolute atomic E-state index is 13.3. The van der Waals surface area contributed by atoms with E-state index < -0.39 is 5.54 Å². The van der Waals surface area contributed by atoms with Crippen molar-refractivity contribution in [1.29, 1.82) is 0 Å². The van der Waals surface area contributed by atoms with E-state index in [1.54, 1.807) is 19.5 Å². The van der Waals surface area contributed by atoms with Crippen LogP contribution in [0.5, 0.6) is 5.75 Å². The highest BCUT2D eigenvalue weighted by atomic mass is 16.5. The first kappa shape index (κ1) is 29.2. The number of rotatable bonds is 12. The maximum Gasteiger partial charge on any atom is 0.251 e. The Balaban J connectivity index is 1.27. The van der Waals surface area contributed by atoms with Gasteiger partial charge in [-0.05, 0) is 74.8 Å². The molecule has 220 valence electrons. The minimum Gasteiger partial charge on any atom is -0.494 e. The minimum atomic E-state index is -0.444. The highest BCUT2D eigenvalue weighted by Gasteiger charge is 2.39. The monoisotopic (exact) mass is 569 g/mol. The molecule has 2 aromatic carbocycles. The van der Waals surface area contributed by atoms with Gasteiger partial charge in [0.2, 0.25) is 0 Å². The van der Waals surface area contributed by atoms with Crippen LogP contribution in [0.3, 0.4) is 0 Å². The highest BCUT2D eigenvalue weighted by molar-refractivity contribution is 5.95. The summed E-state index contributed by atoms with van der Waals surface area (Å²) < 4.78 is 10.8. The molecule has 2 aromatic heterocycles. The van der Waals surface area contributed by atoms with E-state index in [1.165, 1.54) is 0 Å². The largest absolute Gasteiger partial charge is 0.494 e. The van der Waals surface area contributed by atoms with Crippen LogP contribution in [0, 0.1) is 0 Å². The van der Waals surface area contributed by atoms with Gasteiger partial charge in [0.05, 0.1) is 18.2 Å². The molecule has 0 saturated carbocycles. The van der Waals surface area contributed by atoms with Gasteiger partial charge < -0.3 is 25.0 Å². The van der Waals surface area contributed by atoms with Gasteiger partial charge in [0.15, 0.2) is 11.6 Å². The molecular weight excluding hydrogens is 530 g/mol. The number of carbonyl (C=O) groups excluding carboxylic acids is 1. The summed E-state index contributed by atoms with van der Waals surface area (Å²) in [7, 11) is 3.81. The molecule has 0 bridgehead atoms. The van der Waals surface area contributed by atoms with E-state index in [9.17, 15) is 4.79 Å². The molecule has 5 rings (SSSR count). The second-order valence-corrected chi connectivity index (χ2v) is 10.8. The number of piperidine rings is 1. The summed E-state index contributed by atoms with van der Waals surface area (Å²) in [6, 6.07) is 19.1. The van der Waals surface area contributed by atoms with Crippen molar-refractivity contribution in [3.8, 4) is 17.1 Å². The van der Waals surface area contributed by atoms with Crippen LogP contribution in [0.1, 0.15) is 54.0 Å². The fourth-order valence-electron chi connectivity index (χ4n) is 5.15. The Morgan fingerprint density at radius 2 is 1.83 bits per heavy atom. The number of aromatic amines is 1. The summed E-state index contributed by atoms with van der Waals surface area (Å²) in [5.74, 6) is 2.09. The number of carbonyl (C=O) groups is 1. The molecule has 10 nitrogen and oxygen atoms in total. The second-order valence-electron chi connectivity index (χ2n) is 10.8. The van der Waals surface area contributed by atoms with Crippen LogP contribution in [0.25, 0.3) is 11.4 Å². The van der Waals surface area contributed by atoms with Crippen LogP contribution in [0.2, 0.25) is 0 Å². The van der Waals surface area contributed by atoms with Gasteiger partial charge in [-0.2, -0.15) is 5.10 Å². The number of pyridine rings is 1. The fraction of sp³-hybridized carbons (Fsp3) is 0.375. The van der Waals surface area contributed by atoms with E-state index >= 15 is 0 Å². The van der Waals surface area contributed by atoms with Crippen molar-refractivity contribution in [2.24, 2.45) is 0 Å². The maximum atomic E-state index is 13.3. The molecular formula is C32H39N7O3. The average molecular weight is 570 g/mol. The van der Waals surface area contributed by atoms with Gasteiger partial charge in [0.25, 0.3) is 5.91 Å². The van der Waals surface area contributed by atoms with Gasteiger partial charge in [0.1, 0.15) is 5.75 Å². The van der Waals surface area contributed by atoms with E-state index in [2.05, 4.69) is 37.8 Å². The van der Waals surface area contributed by atoms with E-state index in [0.29, 0.717) is 24.6 Å². The topological polar surface area (TPSA) is 117 Å². The van der Waals surface area contributed by atoms with Crippen molar-refractivity contribution in [1.82, 2.24) is 30.4 Å². The number of ether oxygens (including phenoxy) is 2. The number of amides is 1. The molecule has 1 aliphatic heterocycles. The summed E-state index contributed by atoms with van der Waals surface area (Å²) in [6.07, 6.45) is 5.99. The molecule has 42 heavy (non-hydrogen) atoms. The number of hydrogen-bond donors (Lipinski definition) is 3. The van der Waals surface area contributed by atoms with Crippen LogP contribution in [0.15, 0.2) is 73.1 Å². The number of likely N-dealkylation sites (tertiary alicyclic amines) is 1. The smallest absolute Gasteiger partial charge is 0.251 e. The lowest BCUT2D eigenvalue weighted by Crippen LogP contribution is -2.46. The SMILES string of the molecule is COCCCOc1ccc([C@@H](C)NC(=O)c2cccc(NC3(c4nc(-c5ccncc5)n[nH]4)CCN(C)CC3)c2)cc1. The lowest BCUT2D eigenvalue weighted by Gasteiger charge is -2.40. The summed E-state index contributed by atoms with van der Waals surface area (Å²) >= 11 is 0. The molecule has 0 aliphatic carbocycles. The first-order valence-corrected chi connectivity index (χ1v) is 14.4. The Kier molecular flexibility index (Phi) is 9.45. The van der Waals surface area contributed by atoms with Crippen molar-refractivity contribution in [2.75, 3.05) is 45.8 Å². The van der Waals surface area contributed by atoms with Crippen molar-refractivity contribution in [2.45, 2.75) is 37.8 Å². The molecule has 3 heterocycles. The first-order chi connectivity index (χ1) is 20.5. The van der Waals surface area contributed by atoms with Crippen molar-refractivity contribution >= 4 is 11.6 Å². The van der Waals surface area contributed by atoms with E-state index in [4.69, 9.17) is 14.5 Å². The molecule has 1 amide bonds. The molecule has 1 atom stereocenters. The van der Waals surface area contributed by atoms with Gasteiger partial charge in [0, 0.05) is 62.4 Å². The molecule has 1 saturated heterocycles. The molecule has 0 radical (unpaired) electrons. The molecule has 4 aromatic rings. The Morgan fingerprint density at radius 1 is 1.07 bits per heavy atom. The van der Waals surface area contributed by atoms with Gasteiger partial charge >= 0.3 is 0 Å². The summed E-state index contributed by atoms with van der Waals surface area (Å²) in [4.78, 5) is 24.6. The number of nitrogens with zero attached hydrogens (tertiary/aromatic N) is 4.